The maximum atomic E-state index is 13.0. The zero-order valence-electron chi connectivity index (χ0n) is 25.2. The van der Waals surface area contributed by atoms with Crippen LogP contribution in [0, 0.1) is 11.6 Å². The van der Waals surface area contributed by atoms with Crippen LogP contribution in [0.15, 0.2) is 119 Å². The summed E-state index contributed by atoms with van der Waals surface area (Å²) in [5.41, 5.74) is 4.71. The second-order valence-electron chi connectivity index (χ2n) is 9.85. The molecule has 0 N–H and O–H groups in total. The van der Waals surface area contributed by atoms with Gasteiger partial charge in [0.05, 0.1) is 21.7 Å². The van der Waals surface area contributed by atoms with E-state index in [0.717, 1.165) is 27.6 Å². The van der Waals surface area contributed by atoms with E-state index in [-0.39, 0.29) is 80.5 Å². The molecular formula is C33H22F2N2Na2O6S2. The number of nitrogens with zero attached hydrogens (tertiary/aromatic N) is 2. The van der Waals surface area contributed by atoms with Crippen LogP contribution < -0.4 is 64.2 Å². The van der Waals surface area contributed by atoms with Crippen molar-refractivity contribution in [1.29, 1.82) is 0 Å². The Hall–Kier alpha value is -2.91. The molecule has 14 heteroatoms. The van der Waals surface area contributed by atoms with E-state index >= 15 is 0 Å². The topological polar surface area (TPSA) is 140 Å². The summed E-state index contributed by atoms with van der Waals surface area (Å²) in [6, 6.07) is 26.0. The molecule has 2 aromatic heterocycles. The standard InChI is InChI=1S/C18H14FNO4S.C15H10FNO2S.2Na/c19-15-5-3-12(4-6-15)13-1-2-14-9-16(11-20-17(14)10-13)25(23,24)8-7-18(21)22;16-13-5-3-10(4-6-13)11-1-2-12-7-14(20(18)19)9-17-15(12)8-11;;/h1-6,9-11H,7-8H2,(H,21,22);1-9H,(H,18,19);;/q;;2*+1/p-2. The average Bonchev–Trinajstić information content (AvgIpc) is 3.04. The summed E-state index contributed by atoms with van der Waals surface area (Å²) in [6.45, 7) is 0. The van der Waals surface area contributed by atoms with Crippen molar-refractivity contribution in [2.45, 2.75) is 16.2 Å². The number of hydrogen-bond donors (Lipinski definition) is 0. The Bertz CT molecular complexity index is 2170. The van der Waals surface area contributed by atoms with Gasteiger partial charge in [0.2, 0.25) is 0 Å². The van der Waals surface area contributed by atoms with Crippen molar-refractivity contribution in [2.75, 3.05) is 5.75 Å². The van der Waals surface area contributed by atoms with Crippen molar-refractivity contribution in [3.8, 4) is 22.3 Å². The molecule has 0 aliphatic heterocycles. The normalized spacial score (nSPS) is 11.5. The molecule has 4 aromatic carbocycles. The van der Waals surface area contributed by atoms with Crippen LogP contribution in [0.4, 0.5) is 8.78 Å². The largest absolute Gasteiger partial charge is 1.00 e. The molecule has 0 bridgehead atoms. The second kappa shape index (κ2) is 17.0. The molecule has 6 aromatic rings. The van der Waals surface area contributed by atoms with Gasteiger partial charge in [-0.1, -0.05) is 48.5 Å². The smallest absolute Gasteiger partial charge is 0.768 e. The SMILES string of the molecule is O=C([O-])CCS(=O)(=O)c1cnc2cc(-c3ccc(F)cc3)ccc2c1.O=S([O-])c1cnc2cc(-c3ccc(F)cc3)ccc2c1.[Na+].[Na+]. The van der Waals surface area contributed by atoms with Gasteiger partial charge in [0.25, 0.3) is 0 Å². The number of sulfone groups is 1. The summed E-state index contributed by atoms with van der Waals surface area (Å²) in [6.07, 6.45) is 1.96. The zero-order chi connectivity index (χ0) is 32.1. The van der Waals surface area contributed by atoms with Gasteiger partial charge in [-0.05, 0) is 81.9 Å². The monoisotopic (exact) mass is 690 g/mol. The molecule has 0 fully saturated rings. The van der Waals surface area contributed by atoms with Gasteiger partial charge in [-0.2, -0.15) is 0 Å². The summed E-state index contributed by atoms with van der Waals surface area (Å²) in [4.78, 5) is 18.9. The van der Waals surface area contributed by atoms with Crippen LogP contribution in [0.25, 0.3) is 44.1 Å². The van der Waals surface area contributed by atoms with E-state index in [1.807, 2.05) is 12.1 Å². The number of carbonyl (C=O) groups excluding carboxylic acids is 1. The summed E-state index contributed by atoms with van der Waals surface area (Å²) in [5.74, 6) is -2.55. The summed E-state index contributed by atoms with van der Waals surface area (Å²) in [7, 11) is -3.74. The average molecular weight is 691 g/mol. The summed E-state index contributed by atoms with van der Waals surface area (Å²) in [5, 5.41) is 11.8. The molecule has 0 aliphatic carbocycles. The number of fused-ring (bicyclic) bond motifs is 2. The van der Waals surface area contributed by atoms with E-state index in [9.17, 15) is 35.9 Å². The first kappa shape index (κ1) is 38.5. The molecule has 0 saturated carbocycles. The zero-order valence-corrected chi connectivity index (χ0v) is 30.9. The molecule has 8 nitrogen and oxygen atoms in total. The first-order valence-corrected chi connectivity index (χ1v) is 16.0. The fraction of sp³-hybridized carbons (Fsp3) is 0.0606. The van der Waals surface area contributed by atoms with Gasteiger partial charge >= 0.3 is 59.1 Å². The first-order chi connectivity index (χ1) is 21.5. The Labute approximate surface area is 316 Å². The molecule has 6 rings (SSSR count). The molecule has 1 atom stereocenters. The fourth-order valence-corrected chi connectivity index (χ4v) is 6.00. The molecular weight excluding hydrogens is 668 g/mol. The minimum Gasteiger partial charge on any atom is -0.768 e. The van der Waals surface area contributed by atoms with E-state index in [0.29, 0.717) is 16.4 Å². The van der Waals surface area contributed by atoms with Crippen molar-refractivity contribution in [3.05, 3.63) is 121 Å². The van der Waals surface area contributed by atoms with E-state index in [1.165, 1.54) is 42.7 Å². The van der Waals surface area contributed by atoms with Crippen molar-refractivity contribution < 1.29 is 95.0 Å². The van der Waals surface area contributed by atoms with E-state index in [2.05, 4.69) is 9.97 Å². The quantitative estimate of drug-likeness (QED) is 0.158. The van der Waals surface area contributed by atoms with Gasteiger partial charge in [-0.3, -0.25) is 14.2 Å². The maximum Gasteiger partial charge on any atom is 1.00 e. The Kier molecular flexibility index (Phi) is 13.9. The van der Waals surface area contributed by atoms with Crippen LogP contribution in [0.5, 0.6) is 0 Å². The second-order valence-corrected chi connectivity index (χ2v) is 12.9. The number of carboxylic acid groups (broad SMARTS) is 1. The van der Waals surface area contributed by atoms with Gasteiger partial charge in [-0.15, -0.1) is 0 Å². The molecule has 0 amide bonds. The van der Waals surface area contributed by atoms with Crippen LogP contribution >= 0.6 is 0 Å². The number of hydrogen-bond acceptors (Lipinski definition) is 8. The summed E-state index contributed by atoms with van der Waals surface area (Å²) < 4.78 is 72.0. The van der Waals surface area contributed by atoms with Gasteiger partial charge in [0.15, 0.2) is 9.84 Å². The number of benzene rings is 4. The molecule has 0 saturated heterocycles. The third kappa shape index (κ3) is 10.0. The predicted octanol–water partition coefficient (Wildman–Crippen LogP) is -0.758. The van der Waals surface area contributed by atoms with Crippen LogP contribution in [0.2, 0.25) is 0 Å². The number of pyridine rings is 2. The van der Waals surface area contributed by atoms with Crippen molar-refractivity contribution in [2.24, 2.45) is 0 Å². The van der Waals surface area contributed by atoms with Gasteiger partial charge < -0.3 is 14.5 Å². The number of rotatable bonds is 7. The third-order valence-corrected chi connectivity index (χ3v) is 9.09. The van der Waals surface area contributed by atoms with E-state index < -0.39 is 39.1 Å². The molecule has 0 radical (unpaired) electrons. The molecule has 1 unspecified atom stereocenters. The van der Waals surface area contributed by atoms with E-state index in [4.69, 9.17) is 0 Å². The fourth-order valence-electron chi connectivity index (χ4n) is 4.44. The van der Waals surface area contributed by atoms with Crippen molar-refractivity contribution >= 4 is 48.7 Å². The number of carboxylic acids is 1. The number of carbonyl (C=O) groups is 1. The molecule has 228 valence electrons. The number of aromatic nitrogens is 2. The third-order valence-electron chi connectivity index (χ3n) is 6.80. The summed E-state index contributed by atoms with van der Waals surface area (Å²) >= 11 is -2.28. The van der Waals surface area contributed by atoms with Crippen LogP contribution in [0.1, 0.15) is 6.42 Å². The first-order valence-electron chi connectivity index (χ1n) is 13.3. The van der Waals surface area contributed by atoms with Crippen LogP contribution in [-0.2, 0) is 25.7 Å². The maximum absolute atomic E-state index is 13.0. The Morgan fingerprint density at radius 2 is 1.13 bits per heavy atom. The van der Waals surface area contributed by atoms with Gasteiger partial charge in [0.1, 0.15) is 11.6 Å². The van der Waals surface area contributed by atoms with Crippen LogP contribution in [-0.4, -0.2) is 38.9 Å². The minimum absolute atomic E-state index is 0. The van der Waals surface area contributed by atoms with Crippen molar-refractivity contribution in [3.63, 3.8) is 0 Å². The molecule has 47 heavy (non-hydrogen) atoms. The molecule has 2 heterocycles. The van der Waals surface area contributed by atoms with Crippen molar-refractivity contribution in [1.82, 2.24) is 9.97 Å². The molecule has 0 spiro atoms. The van der Waals surface area contributed by atoms with Crippen LogP contribution in [0.3, 0.4) is 0 Å². The Morgan fingerprint density at radius 3 is 1.60 bits per heavy atom. The van der Waals surface area contributed by atoms with Gasteiger partial charge in [0, 0.05) is 40.5 Å². The number of aliphatic carboxylic acids is 1. The minimum atomic E-state index is -3.74. The number of halogens is 2. The van der Waals surface area contributed by atoms with E-state index in [1.54, 1.807) is 54.6 Å². The predicted molar refractivity (Wildman–Crippen MR) is 163 cm³/mol. The van der Waals surface area contributed by atoms with Gasteiger partial charge in [-0.25, -0.2) is 17.2 Å². The molecule has 0 aliphatic rings. The Morgan fingerprint density at radius 1 is 0.681 bits per heavy atom. The Balaban J connectivity index is 0.000000250.